The molecule has 0 fully saturated rings. The lowest BCUT2D eigenvalue weighted by Gasteiger charge is -1.99. The summed E-state index contributed by atoms with van der Waals surface area (Å²) in [5, 5.41) is 16.4. The van der Waals surface area contributed by atoms with Gasteiger partial charge in [-0.15, -0.1) is 0 Å². The van der Waals surface area contributed by atoms with Crippen molar-refractivity contribution in [2.75, 3.05) is 13.1 Å². The van der Waals surface area contributed by atoms with Crippen molar-refractivity contribution in [2.24, 2.45) is 10.8 Å². The maximum atomic E-state index is 9.10. The molecule has 4 N–H and O–H groups in total. The zero-order chi connectivity index (χ0) is 9.56. The number of aliphatic imine (C=N–C) groups is 1. The standard InChI is InChI=1S/C3H7N3.C2H2O4/c4-6-2-1-5-3-6;3-1(4)2(5)6/h3H,1-2,4H2;(H,3,4)(H,5,6). The van der Waals surface area contributed by atoms with Crippen LogP contribution in [-0.4, -0.2) is 46.6 Å². The predicted octanol–water partition coefficient (Wildman–Crippen LogP) is -1.64. The number of carbonyl (C=O) groups is 2. The van der Waals surface area contributed by atoms with Gasteiger partial charge in [-0.25, -0.2) is 15.4 Å². The van der Waals surface area contributed by atoms with Crippen molar-refractivity contribution in [1.82, 2.24) is 5.01 Å². The summed E-state index contributed by atoms with van der Waals surface area (Å²) >= 11 is 0. The topological polar surface area (TPSA) is 116 Å². The summed E-state index contributed by atoms with van der Waals surface area (Å²) < 4.78 is 0. The van der Waals surface area contributed by atoms with E-state index in [2.05, 4.69) is 4.99 Å². The Morgan fingerprint density at radius 2 is 1.92 bits per heavy atom. The number of hydrazine groups is 1. The third-order valence-electron chi connectivity index (χ3n) is 0.900. The maximum Gasteiger partial charge on any atom is 0.414 e. The first-order valence-corrected chi connectivity index (χ1v) is 3.01. The molecule has 1 heterocycles. The molecule has 68 valence electrons. The Labute approximate surface area is 68.1 Å². The van der Waals surface area contributed by atoms with Crippen LogP contribution in [0.3, 0.4) is 0 Å². The van der Waals surface area contributed by atoms with E-state index in [0.717, 1.165) is 13.1 Å². The fraction of sp³-hybridized carbons (Fsp3) is 0.400. The Balaban J connectivity index is 0.000000202. The fourth-order valence-electron chi connectivity index (χ4n) is 0.394. The first kappa shape index (κ1) is 10.4. The molecule has 0 atom stereocenters. The third kappa shape index (κ3) is 5.18. The van der Waals surface area contributed by atoms with Crippen LogP contribution in [0.5, 0.6) is 0 Å². The van der Waals surface area contributed by atoms with Gasteiger partial charge in [0.15, 0.2) is 0 Å². The van der Waals surface area contributed by atoms with Gasteiger partial charge in [0.05, 0.1) is 19.4 Å². The van der Waals surface area contributed by atoms with Crippen molar-refractivity contribution in [3.8, 4) is 0 Å². The molecule has 12 heavy (non-hydrogen) atoms. The van der Waals surface area contributed by atoms with Crippen LogP contribution in [0.1, 0.15) is 0 Å². The first-order valence-electron chi connectivity index (χ1n) is 3.01. The summed E-state index contributed by atoms with van der Waals surface area (Å²) in [6.45, 7) is 1.73. The molecule has 0 aromatic rings. The zero-order valence-corrected chi connectivity index (χ0v) is 6.17. The van der Waals surface area contributed by atoms with Crippen LogP contribution in [0.2, 0.25) is 0 Å². The molecule has 0 aromatic heterocycles. The maximum absolute atomic E-state index is 9.10. The van der Waals surface area contributed by atoms with Crippen molar-refractivity contribution in [1.29, 1.82) is 0 Å². The van der Waals surface area contributed by atoms with E-state index in [4.69, 9.17) is 25.6 Å². The van der Waals surface area contributed by atoms with Gasteiger partial charge in [0, 0.05) is 0 Å². The summed E-state index contributed by atoms with van der Waals surface area (Å²) in [6.07, 6.45) is 1.64. The molecule has 7 nitrogen and oxygen atoms in total. The van der Waals surface area contributed by atoms with Crippen LogP contribution < -0.4 is 5.84 Å². The van der Waals surface area contributed by atoms with Gasteiger partial charge in [-0.2, -0.15) is 0 Å². The normalized spacial score (nSPS) is 13.6. The molecule has 1 aliphatic rings. The van der Waals surface area contributed by atoms with Gasteiger partial charge in [-0.1, -0.05) is 0 Å². The van der Waals surface area contributed by atoms with Crippen molar-refractivity contribution < 1.29 is 19.8 Å². The van der Waals surface area contributed by atoms with Crippen LogP contribution in [0.15, 0.2) is 4.99 Å². The van der Waals surface area contributed by atoms with Crippen LogP contribution in [0.4, 0.5) is 0 Å². The van der Waals surface area contributed by atoms with E-state index < -0.39 is 11.9 Å². The van der Waals surface area contributed by atoms with Gasteiger partial charge in [0.1, 0.15) is 0 Å². The predicted molar refractivity (Wildman–Crippen MR) is 39.5 cm³/mol. The summed E-state index contributed by atoms with van der Waals surface area (Å²) in [7, 11) is 0. The minimum atomic E-state index is -1.82. The summed E-state index contributed by atoms with van der Waals surface area (Å²) in [5.74, 6) is 1.57. The monoisotopic (exact) mass is 175 g/mol. The van der Waals surface area contributed by atoms with Gasteiger partial charge in [0.25, 0.3) is 0 Å². The number of hydrogen-bond acceptors (Lipinski definition) is 5. The van der Waals surface area contributed by atoms with E-state index in [-0.39, 0.29) is 0 Å². The number of carboxylic acid groups (broad SMARTS) is 2. The molecule has 0 spiro atoms. The zero-order valence-electron chi connectivity index (χ0n) is 6.17. The second kappa shape index (κ2) is 5.08. The largest absolute Gasteiger partial charge is 0.473 e. The summed E-state index contributed by atoms with van der Waals surface area (Å²) in [5.41, 5.74) is 0. The SMILES string of the molecule is NN1C=NCC1.O=C(O)C(=O)O. The van der Waals surface area contributed by atoms with Gasteiger partial charge >= 0.3 is 11.9 Å². The highest BCUT2D eigenvalue weighted by atomic mass is 16.4. The van der Waals surface area contributed by atoms with Crippen LogP contribution in [0, 0.1) is 0 Å². The lowest BCUT2D eigenvalue weighted by molar-refractivity contribution is -0.159. The molecular weight excluding hydrogens is 166 g/mol. The molecule has 0 saturated carbocycles. The quantitative estimate of drug-likeness (QED) is 0.300. The van der Waals surface area contributed by atoms with Crippen LogP contribution in [-0.2, 0) is 9.59 Å². The van der Waals surface area contributed by atoms with Gasteiger partial charge in [-0.3, -0.25) is 10.0 Å². The average molecular weight is 175 g/mol. The Bertz CT molecular complexity index is 191. The molecule has 0 aliphatic carbocycles. The smallest absolute Gasteiger partial charge is 0.414 e. The molecule has 0 radical (unpaired) electrons. The van der Waals surface area contributed by atoms with Gasteiger partial charge in [0.2, 0.25) is 0 Å². The Morgan fingerprint density at radius 3 is 2.00 bits per heavy atom. The first-order chi connectivity index (χ1) is 5.54. The second-order valence-electron chi connectivity index (χ2n) is 1.87. The Kier molecular flexibility index (Phi) is 4.39. The number of nitrogens with zero attached hydrogens (tertiary/aromatic N) is 2. The Morgan fingerprint density at radius 1 is 1.42 bits per heavy atom. The molecule has 0 saturated heterocycles. The highest BCUT2D eigenvalue weighted by molar-refractivity contribution is 6.27. The molecule has 0 bridgehead atoms. The minimum absolute atomic E-state index is 0.858. The molecule has 1 rings (SSSR count). The van der Waals surface area contributed by atoms with E-state index in [1.165, 1.54) is 0 Å². The van der Waals surface area contributed by atoms with Crippen molar-refractivity contribution in [3.63, 3.8) is 0 Å². The van der Waals surface area contributed by atoms with Crippen LogP contribution >= 0.6 is 0 Å². The Hall–Kier alpha value is -1.63. The molecule has 0 amide bonds. The fourth-order valence-corrected chi connectivity index (χ4v) is 0.394. The summed E-state index contributed by atoms with van der Waals surface area (Å²) in [6, 6.07) is 0. The average Bonchev–Trinajstić information content (AvgIpc) is 2.40. The molecule has 7 heteroatoms. The van der Waals surface area contributed by atoms with Crippen molar-refractivity contribution >= 4 is 18.3 Å². The number of rotatable bonds is 0. The van der Waals surface area contributed by atoms with E-state index in [1.54, 1.807) is 11.3 Å². The highest BCUT2D eigenvalue weighted by Crippen LogP contribution is 1.81. The lowest BCUT2D eigenvalue weighted by Crippen LogP contribution is -2.26. The van der Waals surface area contributed by atoms with E-state index in [0.29, 0.717) is 0 Å². The number of carboxylic acids is 2. The summed E-state index contributed by atoms with van der Waals surface area (Å²) in [4.78, 5) is 22.0. The molecule has 1 aliphatic heterocycles. The number of nitrogens with two attached hydrogens (primary N) is 1. The number of hydrogen-bond donors (Lipinski definition) is 3. The third-order valence-corrected chi connectivity index (χ3v) is 0.900. The minimum Gasteiger partial charge on any atom is -0.473 e. The van der Waals surface area contributed by atoms with E-state index in [9.17, 15) is 0 Å². The van der Waals surface area contributed by atoms with Crippen molar-refractivity contribution in [2.45, 2.75) is 0 Å². The van der Waals surface area contributed by atoms with Crippen molar-refractivity contribution in [3.05, 3.63) is 0 Å². The van der Waals surface area contributed by atoms with E-state index in [1.807, 2.05) is 0 Å². The second-order valence-corrected chi connectivity index (χ2v) is 1.87. The molecule has 0 aromatic carbocycles. The number of aliphatic carboxylic acids is 2. The van der Waals surface area contributed by atoms with Gasteiger partial charge < -0.3 is 10.2 Å². The van der Waals surface area contributed by atoms with E-state index >= 15 is 0 Å². The molecule has 0 unspecified atom stereocenters. The molecular formula is C5H9N3O4. The lowest BCUT2D eigenvalue weighted by atomic mass is 10.7. The van der Waals surface area contributed by atoms with Crippen LogP contribution in [0.25, 0.3) is 0 Å². The van der Waals surface area contributed by atoms with Gasteiger partial charge in [-0.05, 0) is 0 Å². The highest BCUT2D eigenvalue weighted by Gasteiger charge is 2.04.